The van der Waals surface area contributed by atoms with Gasteiger partial charge < -0.3 is 0 Å². The Morgan fingerprint density at radius 2 is 1.88 bits per heavy atom. The second kappa shape index (κ2) is 7.25. The Morgan fingerprint density at radius 3 is 2.52 bits per heavy atom. The van der Waals surface area contributed by atoms with Gasteiger partial charge in [0.1, 0.15) is 5.82 Å². The van der Waals surface area contributed by atoms with Crippen LogP contribution in [0.2, 0.25) is 0 Å². The number of aromatic nitrogens is 1. The van der Waals surface area contributed by atoms with Crippen LogP contribution in [0.25, 0.3) is 11.3 Å². The van der Waals surface area contributed by atoms with Crippen LogP contribution in [-0.4, -0.2) is 16.7 Å². The minimum atomic E-state index is -0.640. The Hall–Kier alpha value is -2.38. The van der Waals surface area contributed by atoms with Crippen LogP contribution in [0, 0.1) is 5.82 Å². The lowest BCUT2D eigenvalue weighted by molar-refractivity contribution is 0.101. The number of Topliss-reactive ketones (excluding diaryl/α,β-unsaturated/α-hetero) is 1. The van der Waals surface area contributed by atoms with Crippen LogP contribution in [0.3, 0.4) is 0 Å². The fraction of sp³-hybridized carbons (Fsp3) is 0.0556. The predicted octanol–water partition coefficient (Wildman–Crippen LogP) is 5.17. The number of carbonyl (C=O) groups excluding carboxylic acids is 2. The number of benzene rings is 2. The maximum atomic E-state index is 13.9. The molecule has 4 nitrogen and oxygen atoms in total. The zero-order valence-corrected chi connectivity index (χ0v) is 15.4. The van der Waals surface area contributed by atoms with Gasteiger partial charge in [-0.3, -0.25) is 14.9 Å². The van der Waals surface area contributed by atoms with E-state index in [4.69, 9.17) is 0 Å². The van der Waals surface area contributed by atoms with Gasteiger partial charge in [-0.15, -0.1) is 0 Å². The molecule has 0 saturated heterocycles. The van der Waals surface area contributed by atoms with Gasteiger partial charge in [0.25, 0.3) is 5.91 Å². The highest BCUT2D eigenvalue weighted by atomic mass is 79.9. The normalized spacial score (nSPS) is 10.5. The number of anilines is 1. The van der Waals surface area contributed by atoms with E-state index in [0.717, 1.165) is 16.9 Å². The molecule has 25 heavy (non-hydrogen) atoms. The molecule has 0 radical (unpaired) electrons. The van der Waals surface area contributed by atoms with Crippen molar-refractivity contribution < 1.29 is 14.0 Å². The minimum absolute atomic E-state index is 0.0935. The molecule has 0 aliphatic heterocycles. The smallest absolute Gasteiger partial charge is 0.260 e. The summed E-state index contributed by atoms with van der Waals surface area (Å²) in [6, 6.07) is 13.4. The first kappa shape index (κ1) is 17.4. The summed E-state index contributed by atoms with van der Waals surface area (Å²) in [6.45, 7) is 1.44. The van der Waals surface area contributed by atoms with Crippen LogP contribution in [-0.2, 0) is 0 Å². The molecule has 0 spiro atoms. The van der Waals surface area contributed by atoms with Crippen LogP contribution in [0.1, 0.15) is 27.0 Å². The van der Waals surface area contributed by atoms with Crippen molar-refractivity contribution in [3.8, 4) is 11.3 Å². The van der Waals surface area contributed by atoms with Gasteiger partial charge >= 0.3 is 0 Å². The average Bonchev–Trinajstić information content (AvgIpc) is 2.99. The van der Waals surface area contributed by atoms with E-state index in [2.05, 4.69) is 26.2 Å². The van der Waals surface area contributed by atoms with Gasteiger partial charge in [0.15, 0.2) is 10.9 Å². The van der Waals surface area contributed by atoms with Crippen molar-refractivity contribution in [2.45, 2.75) is 6.92 Å². The lowest BCUT2D eigenvalue weighted by atomic mass is 10.1. The number of thiazole rings is 1. The Morgan fingerprint density at radius 1 is 1.16 bits per heavy atom. The number of hydrogen-bond acceptors (Lipinski definition) is 4. The van der Waals surface area contributed by atoms with E-state index in [0.29, 0.717) is 15.0 Å². The highest BCUT2D eigenvalue weighted by Gasteiger charge is 2.19. The van der Waals surface area contributed by atoms with Crippen LogP contribution >= 0.6 is 27.3 Å². The second-order valence-corrected chi connectivity index (χ2v) is 7.11. The molecule has 2 aromatic carbocycles. The zero-order valence-electron chi connectivity index (χ0n) is 13.0. The highest BCUT2D eigenvalue weighted by Crippen LogP contribution is 2.31. The summed E-state index contributed by atoms with van der Waals surface area (Å²) in [5.74, 6) is -1.40. The number of nitrogens with zero attached hydrogens (tertiary/aromatic N) is 1. The van der Waals surface area contributed by atoms with Crippen molar-refractivity contribution in [1.29, 1.82) is 0 Å². The summed E-state index contributed by atoms with van der Waals surface area (Å²) in [7, 11) is 0. The number of rotatable bonds is 4. The van der Waals surface area contributed by atoms with Gasteiger partial charge in [0.05, 0.1) is 16.1 Å². The predicted molar refractivity (Wildman–Crippen MR) is 99.6 cm³/mol. The molecule has 3 aromatic rings. The third-order valence-electron chi connectivity index (χ3n) is 3.39. The largest absolute Gasteiger partial charge is 0.298 e. The second-order valence-electron chi connectivity index (χ2n) is 5.20. The third-order valence-corrected chi connectivity index (χ3v) is 4.96. The highest BCUT2D eigenvalue weighted by molar-refractivity contribution is 9.10. The van der Waals surface area contributed by atoms with E-state index in [1.54, 1.807) is 6.07 Å². The van der Waals surface area contributed by atoms with Crippen molar-refractivity contribution in [2.75, 3.05) is 5.32 Å². The summed E-state index contributed by atoms with van der Waals surface area (Å²) < 4.78 is 14.5. The monoisotopic (exact) mass is 418 g/mol. The van der Waals surface area contributed by atoms with E-state index in [9.17, 15) is 14.0 Å². The average molecular weight is 419 g/mol. The van der Waals surface area contributed by atoms with Crippen LogP contribution in [0.5, 0.6) is 0 Å². The molecule has 0 unspecified atom stereocenters. The van der Waals surface area contributed by atoms with E-state index in [-0.39, 0.29) is 16.5 Å². The standard InChI is InChI=1S/C18H12BrFN2O2S/c1-10(23)16-15(11-5-3-2-4-6-11)21-18(25-16)22-17(24)13-8-7-12(19)9-14(13)20/h2-9H,1H3,(H,21,22,24). The van der Waals surface area contributed by atoms with E-state index >= 15 is 0 Å². The van der Waals surface area contributed by atoms with Crippen molar-refractivity contribution in [3.05, 3.63) is 69.3 Å². The first-order valence-electron chi connectivity index (χ1n) is 7.29. The SMILES string of the molecule is CC(=O)c1sc(NC(=O)c2ccc(Br)cc2F)nc1-c1ccccc1. The Balaban J connectivity index is 1.93. The van der Waals surface area contributed by atoms with Crippen LogP contribution in [0.4, 0.5) is 9.52 Å². The zero-order chi connectivity index (χ0) is 18.0. The molecule has 0 aliphatic rings. The molecule has 0 atom stereocenters. The minimum Gasteiger partial charge on any atom is -0.298 e. The lowest BCUT2D eigenvalue weighted by Crippen LogP contribution is -2.13. The van der Waals surface area contributed by atoms with Crippen molar-refractivity contribution in [2.24, 2.45) is 0 Å². The van der Waals surface area contributed by atoms with Crippen molar-refractivity contribution >= 4 is 44.1 Å². The molecule has 0 aliphatic carbocycles. The molecule has 1 amide bonds. The summed E-state index contributed by atoms with van der Waals surface area (Å²) >= 11 is 4.22. The molecule has 126 valence electrons. The van der Waals surface area contributed by atoms with Gasteiger partial charge in [-0.2, -0.15) is 0 Å². The van der Waals surface area contributed by atoms with Gasteiger partial charge in [-0.1, -0.05) is 57.6 Å². The van der Waals surface area contributed by atoms with E-state index < -0.39 is 11.7 Å². The number of hydrogen-bond donors (Lipinski definition) is 1. The van der Waals surface area contributed by atoms with Gasteiger partial charge in [-0.05, 0) is 18.2 Å². The van der Waals surface area contributed by atoms with Crippen molar-refractivity contribution in [3.63, 3.8) is 0 Å². The molecular weight excluding hydrogens is 407 g/mol. The fourth-order valence-electron chi connectivity index (χ4n) is 2.24. The Kier molecular flexibility index (Phi) is 5.06. The lowest BCUT2D eigenvalue weighted by Gasteiger charge is -2.03. The molecule has 7 heteroatoms. The molecule has 3 rings (SSSR count). The Bertz CT molecular complexity index is 957. The topological polar surface area (TPSA) is 59.1 Å². The van der Waals surface area contributed by atoms with E-state index in [1.165, 1.54) is 19.1 Å². The molecule has 0 fully saturated rings. The molecule has 1 N–H and O–H groups in total. The molecular formula is C18H12BrFN2O2S. The Labute approximate surface area is 155 Å². The number of ketones is 1. The van der Waals surface area contributed by atoms with E-state index in [1.807, 2.05) is 30.3 Å². The quantitative estimate of drug-likeness (QED) is 0.594. The van der Waals surface area contributed by atoms with Gasteiger partial charge in [0.2, 0.25) is 0 Å². The molecule has 1 heterocycles. The fourth-order valence-corrected chi connectivity index (χ4v) is 3.45. The maximum Gasteiger partial charge on any atom is 0.260 e. The number of carbonyl (C=O) groups is 2. The van der Waals surface area contributed by atoms with Gasteiger partial charge in [-0.25, -0.2) is 9.37 Å². The van der Waals surface area contributed by atoms with Gasteiger partial charge in [0, 0.05) is 17.0 Å². The number of nitrogens with one attached hydrogen (secondary N) is 1. The number of halogens is 2. The summed E-state index contributed by atoms with van der Waals surface area (Å²) in [6.07, 6.45) is 0. The number of amides is 1. The van der Waals surface area contributed by atoms with Crippen molar-refractivity contribution in [1.82, 2.24) is 4.98 Å². The first-order chi connectivity index (χ1) is 12.0. The molecule has 0 bridgehead atoms. The first-order valence-corrected chi connectivity index (χ1v) is 8.90. The summed E-state index contributed by atoms with van der Waals surface area (Å²) in [5, 5.41) is 2.81. The van der Waals surface area contributed by atoms with Crippen LogP contribution in [0.15, 0.2) is 53.0 Å². The summed E-state index contributed by atoms with van der Waals surface area (Å²) in [4.78, 5) is 29.0. The third kappa shape index (κ3) is 3.83. The summed E-state index contributed by atoms with van der Waals surface area (Å²) in [5.41, 5.74) is 1.19. The molecule has 0 saturated carbocycles. The van der Waals surface area contributed by atoms with Crippen LogP contribution < -0.4 is 5.32 Å². The maximum absolute atomic E-state index is 13.9. The molecule has 1 aromatic heterocycles.